The zero-order chi connectivity index (χ0) is 24.2. The molecular weight excluding hydrogens is 452 g/mol. The first-order chi connectivity index (χ1) is 15.6. The molecule has 1 aromatic heterocycles. The van der Waals surface area contributed by atoms with E-state index in [0.717, 1.165) is 4.31 Å². The molecule has 174 valence electrons. The van der Waals surface area contributed by atoms with Crippen molar-refractivity contribution in [2.24, 2.45) is 0 Å². The van der Waals surface area contributed by atoms with E-state index in [0.29, 0.717) is 17.2 Å². The number of methoxy groups -OCH3 is 2. The number of H-pyrrole nitrogens is 2. The summed E-state index contributed by atoms with van der Waals surface area (Å²) in [6.45, 7) is 0.635. The maximum absolute atomic E-state index is 13.5. The molecule has 3 rings (SSSR count). The van der Waals surface area contributed by atoms with Crippen LogP contribution in [-0.2, 0) is 14.8 Å². The molecule has 0 fully saturated rings. The third-order valence-electron chi connectivity index (χ3n) is 4.62. The molecule has 0 saturated carbocycles. The lowest BCUT2D eigenvalue weighted by Crippen LogP contribution is -2.42. The van der Waals surface area contributed by atoms with Gasteiger partial charge in [-0.15, -0.1) is 0 Å². The number of nitrogens with one attached hydrogen (secondary N) is 3. The summed E-state index contributed by atoms with van der Waals surface area (Å²) in [5.74, 6) is 0.305. The molecule has 0 atom stereocenters. The zero-order valence-corrected chi connectivity index (χ0v) is 18.9. The Hall–Kier alpha value is -4.06. The molecule has 0 aliphatic carbocycles. The van der Waals surface area contributed by atoms with Crippen LogP contribution >= 0.6 is 0 Å². The summed E-state index contributed by atoms with van der Waals surface area (Å²) >= 11 is 0. The highest BCUT2D eigenvalue weighted by atomic mass is 32.2. The van der Waals surface area contributed by atoms with Gasteiger partial charge in [0.25, 0.3) is 15.6 Å². The van der Waals surface area contributed by atoms with Gasteiger partial charge in [0.15, 0.2) is 4.90 Å². The normalized spacial score (nSPS) is 11.0. The molecule has 0 aliphatic heterocycles. The maximum Gasteiger partial charge on any atom is 0.325 e. The summed E-state index contributed by atoms with van der Waals surface area (Å²) in [5.41, 5.74) is -1.59. The van der Waals surface area contributed by atoms with Crippen molar-refractivity contribution in [3.63, 3.8) is 0 Å². The molecule has 0 radical (unpaired) electrons. The fourth-order valence-electron chi connectivity index (χ4n) is 3.10. The molecule has 3 N–H and O–H groups in total. The Morgan fingerprint density at radius 3 is 2.27 bits per heavy atom. The van der Waals surface area contributed by atoms with Gasteiger partial charge in [-0.05, 0) is 43.3 Å². The predicted octanol–water partition coefficient (Wildman–Crippen LogP) is 1.22. The van der Waals surface area contributed by atoms with E-state index in [1.54, 1.807) is 24.3 Å². The third-order valence-corrected chi connectivity index (χ3v) is 6.55. The van der Waals surface area contributed by atoms with Crippen LogP contribution in [0.25, 0.3) is 0 Å². The molecule has 11 nitrogen and oxygen atoms in total. The Bertz CT molecular complexity index is 1380. The fraction of sp³-hybridized carbons (Fsp3) is 0.190. The standard InChI is InChI=1S/C21H22N4O7S/c1-13-19(20(27)24-21(28)22-13)33(29,30)25(15-7-9-16(31-2)10-8-15)12-18(26)23-14-5-4-6-17(11-14)32-3/h4-11H,12H2,1-3H3,(H,23,26)(H2,22,24,27,28). The average Bonchev–Trinajstić information content (AvgIpc) is 2.76. The van der Waals surface area contributed by atoms with E-state index in [9.17, 15) is 22.8 Å². The highest BCUT2D eigenvalue weighted by Gasteiger charge is 2.32. The van der Waals surface area contributed by atoms with Gasteiger partial charge in [0.2, 0.25) is 5.91 Å². The molecule has 1 amide bonds. The predicted molar refractivity (Wildman–Crippen MR) is 122 cm³/mol. The first-order valence-corrected chi connectivity index (χ1v) is 11.0. The Kier molecular flexibility index (Phi) is 6.87. The molecule has 0 unspecified atom stereocenters. The summed E-state index contributed by atoms with van der Waals surface area (Å²) in [4.78, 5) is 40.2. The van der Waals surface area contributed by atoms with E-state index in [1.165, 1.54) is 45.4 Å². The number of aromatic amines is 2. The van der Waals surface area contributed by atoms with Gasteiger partial charge in [0, 0.05) is 17.4 Å². The quantitative estimate of drug-likeness (QED) is 0.444. The molecule has 1 heterocycles. The van der Waals surface area contributed by atoms with Gasteiger partial charge < -0.3 is 19.8 Å². The topological polar surface area (TPSA) is 151 Å². The number of aromatic nitrogens is 2. The molecular formula is C21H22N4O7S. The van der Waals surface area contributed by atoms with E-state index < -0.39 is 38.6 Å². The Morgan fingerprint density at radius 2 is 1.67 bits per heavy atom. The number of rotatable bonds is 8. The Labute approximate surface area is 189 Å². The summed E-state index contributed by atoms with van der Waals surface area (Å²) in [5, 5.41) is 2.61. The number of aryl methyl sites for hydroxylation is 1. The lowest BCUT2D eigenvalue weighted by Gasteiger charge is -2.24. The number of carbonyl (C=O) groups is 1. The molecule has 12 heteroatoms. The molecule has 33 heavy (non-hydrogen) atoms. The number of amides is 1. The average molecular weight is 474 g/mol. The van der Waals surface area contributed by atoms with Gasteiger partial charge in [-0.3, -0.25) is 18.9 Å². The molecule has 0 bridgehead atoms. The van der Waals surface area contributed by atoms with Gasteiger partial charge in [-0.1, -0.05) is 6.07 Å². The van der Waals surface area contributed by atoms with Gasteiger partial charge in [0.05, 0.1) is 19.9 Å². The largest absolute Gasteiger partial charge is 0.497 e. The second-order valence-corrected chi connectivity index (χ2v) is 8.65. The van der Waals surface area contributed by atoms with Crippen LogP contribution in [0, 0.1) is 6.92 Å². The number of hydrogen-bond acceptors (Lipinski definition) is 7. The van der Waals surface area contributed by atoms with Crippen LogP contribution in [0.2, 0.25) is 0 Å². The number of benzene rings is 2. The molecule has 2 aromatic carbocycles. The number of carbonyl (C=O) groups excluding carboxylic acids is 1. The van der Waals surface area contributed by atoms with Crippen LogP contribution < -0.4 is 30.3 Å². The van der Waals surface area contributed by atoms with Crippen LogP contribution in [0.15, 0.2) is 63.0 Å². The highest BCUT2D eigenvalue weighted by Crippen LogP contribution is 2.25. The lowest BCUT2D eigenvalue weighted by atomic mass is 10.3. The third kappa shape index (κ3) is 5.23. The number of hydrogen-bond donors (Lipinski definition) is 3. The Morgan fingerprint density at radius 1 is 1.00 bits per heavy atom. The van der Waals surface area contributed by atoms with E-state index in [-0.39, 0.29) is 11.4 Å². The van der Waals surface area contributed by atoms with Crippen LogP contribution in [0.5, 0.6) is 11.5 Å². The van der Waals surface area contributed by atoms with Crippen molar-refractivity contribution < 1.29 is 22.7 Å². The second-order valence-electron chi connectivity index (χ2n) is 6.85. The SMILES string of the molecule is COc1ccc(N(CC(=O)Nc2cccc(OC)c2)S(=O)(=O)c2c(C)[nH]c(=O)[nH]c2=O)cc1. The molecule has 0 saturated heterocycles. The van der Waals surface area contributed by atoms with Gasteiger partial charge in [-0.2, -0.15) is 0 Å². The summed E-state index contributed by atoms with van der Waals surface area (Å²) in [6, 6.07) is 12.4. The highest BCUT2D eigenvalue weighted by molar-refractivity contribution is 7.92. The van der Waals surface area contributed by atoms with Crippen LogP contribution in [-0.4, -0.2) is 45.1 Å². The maximum atomic E-state index is 13.5. The van der Waals surface area contributed by atoms with Crippen molar-refractivity contribution in [1.29, 1.82) is 0 Å². The Balaban J connectivity index is 2.03. The van der Waals surface area contributed by atoms with E-state index in [4.69, 9.17) is 9.47 Å². The van der Waals surface area contributed by atoms with Crippen molar-refractivity contribution in [1.82, 2.24) is 9.97 Å². The minimum absolute atomic E-state index is 0.113. The molecule has 0 aliphatic rings. The van der Waals surface area contributed by atoms with Gasteiger partial charge >= 0.3 is 5.69 Å². The molecule has 0 spiro atoms. The summed E-state index contributed by atoms with van der Waals surface area (Å²) < 4.78 is 38.0. The van der Waals surface area contributed by atoms with Crippen LogP contribution in [0.3, 0.4) is 0 Å². The smallest absolute Gasteiger partial charge is 0.325 e. The first kappa shape index (κ1) is 23.6. The number of sulfonamides is 1. The second kappa shape index (κ2) is 9.61. The minimum Gasteiger partial charge on any atom is -0.497 e. The van der Waals surface area contributed by atoms with E-state index in [2.05, 4.69) is 10.3 Å². The molecule has 3 aromatic rings. The van der Waals surface area contributed by atoms with Crippen molar-refractivity contribution in [3.05, 3.63) is 75.1 Å². The monoisotopic (exact) mass is 474 g/mol. The first-order valence-electron chi connectivity index (χ1n) is 9.59. The number of ether oxygens (including phenoxy) is 2. The van der Waals surface area contributed by atoms with Gasteiger partial charge in [0.1, 0.15) is 18.0 Å². The fourth-order valence-corrected chi connectivity index (χ4v) is 4.73. The van der Waals surface area contributed by atoms with Crippen molar-refractivity contribution in [2.75, 3.05) is 30.4 Å². The van der Waals surface area contributed by atoms with Gasteiger partial charge in [-0.25, -0.2) is 13.2 Å². The summed E-state index contributed by atoms with van der Waals surface area (Å²) in [7, 11) is -1.63. The van der Waals surface area contributed by atoms with Crippen LogP contribution in [0.1, 0.15) is 5.69 Å². The minimum atomic E-state index is -4.56. The number of nitrogens with zero attached hydrogens (tertiary/aromatic N) is 1. The van der Waals surface area contributed by atoms with E-state index in [1.807, 2.05) is 4.98 Å². The summed E-state index contributed by atoms with van der Waals surface area (Å²) in [6.07, 6.45) is 0. The zero-order valence-electron chi connectivity index (χ0n) is 18.0. The lowest BCUT2D eigenvalue weighted by molar-refractivity contribution is -0.114. The van der Waals surface area contributed by atoms with Crippen LogP contribution in [0.4, 0.5) is 11.4 Å². The van der Waals surface area contributed by atoms with Crippen molar-refractivity contribution in [3.8, 4) is 11.5 Å². The van der Waals surface area contributed by atoms with Crippen molar-refractivity contribution in [2.45, 2.75) is 11.8 Å². The van der Waals surface area contributed by atoms with E-state index >= 15 is 0 Å². The van der Waals surface area contributed by atoms with Crippen molar-refractivity contribution >= 4 is 27.3 Å². The number of anilines is 2.